The summed E-state index contributed by atoms with van der Waals surface area (Å²) >= 11 is 0. The van der Waals surface area contributed by atoms with Crippen LogP contribution in [0.15, 0.2) is 57.9 Å². The molecule has 0 radical (unpaired) electrons. The number of carbonyl (C=O) groups is 1. The van der Waals surface area contributed by atoms with Gasteiger partial charge in [0, 0.05) is 11.8 Å². The van der Waals surface area contributed by atoms with Crippen molar-refractivity contribution >= 4 is 27.5 Å². The molecule has 0 saturated heterocycles. The van der Waals surface area contributed by atoms with Gasteiger partial charge in [-0.1, -0.05) is 17.3 Å². The van der Waals surface area contributed by atoms with Gasteiger partial charge in [0.05, 0.1) is 16.5 Å². The molecular weight excluding hydrogens is 454 g/mol. The van der Waals surface area contributed by atoms with Gasteiger partial charge in [-0.15, -0.1) is 0 Å². The molecule has 5 atom stereocenters. The number of benzene rings is 2. The van der Waals surface area contributed by atoms with Gasteiger partial charge in [-0.05, 0) is 91.3 Å². The number of aromatic carboxylic acids is 1. The van der Waals surface area contributed by atoms with Crippen LogP contribution in [-0.4, -0.2) is 24.7 Å². The zero-order valence-electron chi connectivity index (χ0n) is 18.6. The van der Waals surface area contributed by atoms with Crippen LogP contribution < -0.4 is 10.0 Å². The number of aromatic nitrogens is 1. The second-order valence-corrected chi connectivity index (χ2v) is 11.3. The third kappa shape index (κ3) is 3.37. The topological polar surface area (TPSA) is 122 Å². The van der Waals surface area contributed by atoms with Crippen molar-refractivity contribution < 1.29 is 22.8 Å². The van der Waals surface area contributed by atoms with E-state index in [1.54, 1.807) is 43.3 Å². The number of nitrogens with one attached hydrogen (secondary N) is 2. The maximum Gasteiger partial charge on any atom is 0.335 e. The quantitative estimate of drug-likeness (QED) is 0.481. The van der Waals surface area contributed by atoms with Gasteiger partial charge in [0.1, 0.15) is 5.76 Å². The molecule has 1 aliphatic heterocycles. The molecular formula is C25H25N3O5S. The van der Waals surface area contributed by atoms with Crippen LogP contribution in [0, 0.1) is 24.7 Å². The van der Waals surface area contributed by atoms with Crippen LogP contribution in [0.25, 0.3) is 0 Å². The van der Waals surface area contributed by atoms with Crippen molar-refractivity contribution in [2.24, 2.45) is 17.8 Å². The van der Waals surface area contributed by atoms with E-state index >= 15 is 0 Å². The average molecular weight is 480 g/mol. The van der Waals surface area contributed by atoms with Crippen LogP contribution in [0.4, 0.5) is 11.5 Å². The predicted molar refractivity (Wildman–Crippen MR) is 125 cm³/mol. The lowest BCUT2D eigenvalue weighted by atomic mass is 9.68. The second-order valence-electron chi connectivity index (χ2n) is 9.67. The normalized spacial score (nSPS) is 27.0. The Morgan fingerprint density at radius 3 is 2.74 bits per heavy atom. The van der Waals surface area contributed by atoms with E-state index < -0.39 is 16.0 Å². The number of hydrogen-bond acceptors (Lipinski definition) is 6. The second kappa shape index (κ2) is 7.59. The van der Waals surface area contributed by atoms with Crippen LogP contribution in [0.1, 0.15) is 58.5 Å². The highest BCUT2D eigenvalue weighted by molar-refractivity contribution is 7.92. The van der Waals surface area contributed by atoms with Crippen LogP contribution in [0.2, 0.25) is 0 Å². The van der Waals surface area contributed by atoms with Crippen LogP contribution in [-0.2, 0) is 10.0 Å². The summed E-state index contributed by atoms with van der Waals surface area (Å²) in [6.07, 6.45) is 3.42. The van der Waals surface area contributed by atoms with E-state index in [-0.39, 0.29) is 28.2 Å². The zero-order chi connectivity index (χ0) is 23.6. The predicted octanol–water partition coefficient (Wildman–Crippen LogP) is 4.78. The standard InChI is InChI=1S/C25H25N3O5S/c1-13-9-21(27-33-13)28-34(31,32)18-7-8-20-19(12-18)22-14-5-6-15(10-14)23(22)24(26-20)16-3-2-4-17(11-16)25(29)30/h2-4,7-9,11-12,14-15,22-24,26H,5-6,10H2,1H3,(H,27,28)(H,29,30). The summed E-state index contributed by atoms with van der Waals surface area (Å²) in [4.78, 5) is 11.8. The minimum atomic E-state index is -3.82. The third-order valence-electron chi connectivity index (χ3n) is 7.73. The molecule has 34 heavy (non-hydrogen) atoms. The SMILES string of the molecule is Cc1cc(NS(=O)(=O)c2ccc3c(c2)C2C4CCC(C4)C2C(c2cccc(C(=O)O)c2)N3)no1. The number of carboxylic acid groups (broad SMARTS) is 1. The van der Waals surface area contributed by atoms with E-state index in [9.17, 15) is 18.3 Å². The summed E-state index contributed by atoms with van der Waals surface area (Å²) in [6, 6.07) is 13.9. The van der Waals surface area contributed by atoms with Crippen LogP contribution >= 0.6 is 0 Å². The van der Waals surface area contributed by atoms with Gasteiger partial charge in [-0.2, -0.15) is 0 Å². The van der Waals surface area contributed by atoms with Crippen molar-refractivity contribution in [2.45, 2.75) is 43.0 Å². The van der Waals surface area contributed by atoms with Crippen molar-refractivity contribution in [1.82, 2.24) is 5.16 Å². The summed E-state index contributed by atoms with van der Waals surface area (Å²) in [6.45, 7) is 1.70. The van der Waals surface area contributed by atoms with Gasteiger partial charge in [-0.25, -0.2) is 13.2 Å². The number of anilines is 2. The van der Waals surface area contributed by atoms with Gasteiger partial charge in [-0.3, -0.25) is 4.72 Å². The van der Waals surface area contributed by atoms with Gasteiger partial charge in [0.25, 0.3) is 10.0 Å². The van der Waals surface area contributed by atoms with Crippen LogP contribution in [0.3, 0.4) is 0 Å². The largest absolute Gasteiger partial charge is 0.478 e. The van der Waals surface area contributed by atoms with Gasteiger partial charge >= 0.3 is 5.97 Å². The fourth-order valence-corrected chi connectivity index (χ4v) is 7.46. The molecule has 2 aliphatic carbocycles. The monoisotopic (exact) mass is 479 g/mol. The molecule has 0 spiro atoms. The Morgan fingerprint density at radius 1 is 1.15 bits per heavy atom. The molecule has 0 amide bonds. The molecule has 2 heterocycles. The smallest absolute Gasteiger partial charge is 0.335 e. The molecule has 5 unspecified atom stereocenters. The zero-order valence-corrected chi connectivity index (χ0v) is 19.4. The van der Waals surface area contributed by atoms with Crippen molar-refractivity contribution in [3.8, 4) is 0 Å². The molecule has 2 saturated carbocycles. The number of hydrogen-bond donors (Lipinski definition) is 3. The van der Waals surface area contributed by atoms with E-state index in [2.05, 4.69) is 15.2 Å². The maximum atomic E-state index is 13.1. The third-order valence-corrected chi connectivity index (χ3v) is 9.08. The molecule has 9 heteroatoms. The molecule has 2 fully saturated rings. The van der Waals surface area contributed by atoms with Gasteiger partial charge < -0.3 is 14.9 Å². The average Bonchev–Trinajstić information content (AvgIpc) is 3.55. The highest BCUT2D eigenvalue weighted by Crippen LogP contribution is 2.63. The lowest BCUT2D eigenvalue weighted by molar-refractivity contribution is 0.0696. The Bertz CT molecular complexity index is 1400. The molecule has 1 aromatic heterocycles. The molecule has 6 rings (SSSR count). The Kier molecular flexibility index (Phi) is 4.74. The summed E-state index contributed by atoms with van der Waals surface area (Å²) < 4.78 is 33.6. The highest BCUT2D eigenvalue weighted by Gasteiger charge is 2.54. The number of aryl methyl sites for hydroxylation is 1. The number of carboxylic acids is 1. The van der Waals surface area contributed by atoms with E-state index in [1.807, 2.05) is 12.1 Å². The summed E-state index contributed by atoms with van der Waals surface area (Å²) in [5.74, 6) is 1.31. The van der Waals surface area contributed by atoms with Crippen molar-refractivity contribution in [3.63, 3.8) is 0 Å². The number of nitrogens with zero attached hydrogens (tertiary/aromatic N) is 1. The molecule has 8 nitrogen and oxygen atoms in total. The molecule has 2 bridgehead atoms. The Balaban J connectivity index is 1.39. The number of rotatable bonds is 5. The van der Waals surface area contributed by atoms with Crippen molar-refractivity contribution in [2.75, 3.05) is 10.0 Å². The molecule has 176 valence electrons. The summed E-state index contributed by atoms with van der Waals surface area (Å²) in [5, 5.41) is 16.9. The first-order valence-corrected chi connectivity index (χ1v) is 13.0. The van der Waals surface area contributed by atoms with E-state index in [4.69, 9.17) is 4.52 Å². The minimum Gasteiger partial charge on any atom is -0.478 e. The lowest BCUT2D eigenvalue weighted by Crippen LogP contribution is -2.35. The first kappa shape index (κ1) is 21.2. The van der Waals surface area contributed by atoms with E-state index in [1.165, 1.54) is 0 Å². The maximum absolute atomic E-state index is 13.1. The lowest BCUT2D eigenvalue weighted by Gasteiger charge is -2.43. The Morgan fingerprint density at radius 2 is 1.97 bits per heavy atom. The molecule has 3 aliphatic rings. The van der Waals surface area contributed by atoms with Crippen LogP contribution in [0.5, 0.6) is 0 Å². The fraction of sp³-hybridized carbons (Fsp3) is 0.360. The Labute approximate surface area is 197 Å². The highest BCUT2D eigenvalue weighted by atomic mass is 32.2. The molecule has 2 aromatic carbocycles. The number of sulfonamides is 1. The van der Waals surface area contributed by atoms with E-state index in [0.717, 1.165) is 36.1 Å². The summed E-state index contributed by atoms with van der Waals surface area (Å²) in [5.41, 5.74) is 3.19. The Hall–Kier alpha value is -3.33. The molecule has 3 aromatic rings. The van der Waals surface area contributed by atoms with Crippen molar-refractivity contribution in [1.29, 1.82) is 0 Å². The first-order chi connectivity index (χ1) is 16.3. The van der Waals surface area contributed by atoms with Gasteiger partial charge in [0.2, 0.25) is 0 Å². The summed E-state index contributed by atoms with van der Waals surface area (Å²) in [7, 11) is -3.82. The van der Waals surface area contributed by atoms with Gasteiger partial charge in [0.15, 0.2) is 5.82 Å². The van der Waals surface area contributed by atoms with Crippen molar-refractivity contribution in [3.05, 3.63) is 71.0 Å². The first-order valence-electron chi connectivity index (χ1n) is 11.5. The molecule has 3 N–H and O–H groups in total. The fourth-order valence-electron chi connectivity index (χ4n) is 6.44. The van der Waals surface area contributed by atoms with E-state index in [0.29, 0.717) is 23.5 Å². The number of fused-ring (bicyclic) bond motifs is 7. The minimum absolute atomic E-state index is 0.00853.